The summed E-state index contributed by atoms with van der Waals surface area (Å²) in [6.07, 6.45) is 3.55. The van der Waals surface area contributed by atoms with Crippen LogP contribution in [0.1, 0.15) is 40.0 Å². The summed E-state index contributed by atoms with van der Waals surface area (Å²) in [5.41, 5.74) is -0.462. The first kappa shape index (κ1) is 15.0. The lowest BCUT2D eigenvalue weighted by Gasteiger charge is -2.25. The van der Waals surface area contributed by atoms with Gasteiger partial charge in [0.15, 0.2) is 0 Å². The second kappa shape index (κ2) is 6.23. The van der Waals surface area contributed by atoms with E-state index in [1.807, 2.05) is 26.8 Å². The van der Waals surface area contributed by atoms with Crippen molar-refractivity contribution in [2.45, 2.75) is 51.7 Å². The van der Waals surface area contributed by atoms with Crippen molar-refractivity contribution >= 4 is 6.09 Å². The maximum Gasteiger partial charge on any atom is 0.410 e. The molecule has 4 heteroatoms. The van der Waals surface area contributed by atoms with Gasteiger partial charge in [-0.05, 0) is 40.0 Å². The Morgan fingerprint density at radius 1 is 1.61 bits per heavy atom. The molecule has 0 aliphatic carbocycles. The van der Waals surface area contributed by atoms with Crippen molar-refractivity contribution in [2.24, 2.45) is 5.92 Å². The molecule has 4 nitrogen and oxygen atoms in total. The van der Waals surface area contributed by atoms with Gasteiger partial charge in [0, 0.05) is 19.0 Å². The third-order valence-electron chi connectivity index (χ3n) is 3.09. The predicted octanol–water partition coefficient (Wildman–Crippen LogP) is 2.57. The van der Waals surface area contributed by atoms with E-state index in [2.05, 4.69) is 6.58 Å². The zero-order valence-electron chi connectivity index (χ0n) is 11.7. The van der Waals surface area contributed by atoms with Crippen molar-refractivity contribution in [3.05, 3.63) is 12.7 Å². The fraction of sp³-hybridized carbons (Fsp3) is 0.786. The van der Waals surface area contributed by atoms with E-state index in [0.717, 1.165) is 19.3 Å². The van der Waals surface area contributed by atoms with Crippen LogP contribution in [0.5, 0.6) is 0 Å². The lowest BCUT2D eigenvalue weighted by molar-refractivity contribution is 0.0266. The maximum atomic E-state index is 11.8. The van der Waals surface area contributed by atoms with Crippen LogP contribution >= 0.6 is 0 Å². The van der Waals surface area contributed by atoms with Gasteiger partial charge < -0.3 is 14.7 Å². The normalized spacial score (nSPS) is 21.8. The molecule has 1 saturated heterocycles. The summed E-state index contributed by atoms with van der Waals surface area (Å²) in [5.74, 6) is 0.164. The van der Waals surface area contributed by atoms with Crippen molar-refractivity contribution in [1.82, 2.24) is 4.90 Å². The molecule has 0 spiro atoms. The molecule has 1 N–H and O–H groups in total. The molecule has 1 aliphatic heterocycles. The van der Waals surface area contributed by atoms with Gasteiger partial charge in [-0.1, -0.05) is 6.08 Å². The Hall–Kier alpha value is -1.03. The molecule has 2 atom stereocenters. The zero-order valence-corrected chi connectivity index (χ0v) is 11.7. The highest BCUT2D eigenvalue weighted by molar-refractivity contribution is 5.68. The first-order valence-electron chi connectivity index (χ1n) is 6.60. The largest absolute Gasteiger partial charge is 0.444 e. The highest BCUT2D eigenvalue weighted by Crippen LogP contribution is 2.24. The molecular weight excluding hydrogens is 230 g/mol. The SMILES string of the molecule is C=CCCC(O)C1CCN(C(=O)OC(C)(C)C)C1. The second-order valence-electron chi connectivity index (χ2n) is 5.91. The predicted molar refractivity (Wildman–Crippen MR) is 71.4 cm³/mol. The second-order valence-corrected chi connectivity index (χ2v) is 5.91. The van der Waals surface area contributed by atoms with E-state index in [1.165, 1.54) is 0 Å². The van der Waals surface area contributed by atoms with Gasteiger partial charge in [-0.3, -0.25) is 0 Å². The van der Waals surface area contributed by atoms with E-state index in [9.17, 15) is 9.90 Å². The van der Waals surface area contributed by atoms with Crippen LogP contribution in [0.15, 0.2) is 12.7 Å². The highest BCUT2D eigenvalue weighted by Gasteiger charge is 2.32. The lowest BCUT2D eigenvalue weighted by Crippen LogP contribution is -2.36. The maximum absolute atomic E-state index is 11.8. The van der Waals surface area contributed by atoms with Crippen LogP contribution in [0.4, 0.5) is 4.79 Å². The van der Waals surface area contributed by atoms with Crippen LogP contribution < -0.4 is 0 Å². The van der Waals surface area contributed by atoms with E-state index in [1.54, 1.807) is 4.90 Å². The molecule has 0 aromatic carbocycles. The van der Waals surface area contributed by atoms with Crippen LogP contribution in [0.25, 0.3) is 0 Å². The molecule has 2 unspecified atom stereocenters. The number of hydrogen-bond donors (Lipinski definition) is 1. The molecule has 18 heavy (non-hydrogen) atoms. The number of rotatable bonds is 4. The van der Waals surface area contributed by atoms with Gasteiger partial charge in [-0.25, -0.2) is 4.79 Å². The zero-order chi connectivity index (χ0) is 13.8. The molecule has 1 fully saturated rings. The van der Waals surface area contributed by atoms with E-state index in [4.69, 9.17) is 4.74 Å². The van der Waals surface area contributed by atoms with E-state index < -0.39 is 5.60 Å². The number of ether oxygens (including phenoxy) is 1. The molecule has 0 saturated carbocycles. The summed E-state index contributed by atoms with van der Waals surface area (Å²) in [6, 6.07) is 0. The Balaban J connectivity index is 2.41. The molecule has 1 heterocycles. The van der Waals surface area contributed by atoms with Crippen molar-refractivity contribution < 1.29 is 14.6 Å². The Kier molecular flexibility index (Phi) is 5.20. The average molecular weight is 255 g/mol. The standard InChI is InChI=1S/C14H25NO3/c1-5-6-7-12(16)11-8-9-15(10-11)13(17)18-14(2,3)4/h5,11-12,16H,1,6-10H2,2-4H3. The Morgan fingerprint density at radius 3 is 2.83 bits per heavy atom. The number of amides is 1. The topological polar surface area (TPSA) is 49.8 Å². The van der Waals surface area contributed by atoms with E-state index in [-0.39, 0.29) is 18.1 Å². The third kappa shape index (κ3) is 4.69. The molecule has 0 radical (unpaired) electrons. The van der Waals surface area contributed by atoms with Gasteiger partial charge in [-0.2, -0.15) is 0 Å². The lowest BCUT2D eigenvalue weighted by atomic mass is 9.98. The smallest absolute Gasteiger partial charge is 0.410 e. The minimum atomic E-state index is -0.462. The summed E-state index contributed by atoms with van der Waals surface area (Å²) >= 11 is 0. The van der Waals surface area contributed by atoms with Crippen LogP contribution in [-0.4, -0.2) is 40.9 Å². The molecule has 1 rings (SSSR count). The van der Waals surface area contributed by atoms with Crippen LogP contribution in [0.3, 0.4) is 0 Å². The Labute approximate surface area is 110 Å². The molecule has 0 bridgehead atoms. The summed E-state index contributed by atoms with van der Waals surface area (Å²) in [6.45, 7) is 10.5. The Bertz CT molecular complexity index is 296. The number of aliphatic hydroxyl groups is 1. The number of carbonyl (C=O) groups excluding carboxylic acids is 1. The van der Waals surface area contributed by atoms with Crippen molar-refractivity contribution in [3.8, 4) is 0 Å². The molecule has 0 aromatic heterocycles. The quantitative estimate of drug-likeness (QED) is 0.785. The van der Waals surface area contributed by atoms with E-state index >= 15 is 0 Å². The Morgan fingerprint density at radius 2 is 2.28 bits per heavy atom. The van der Waals surface area contributed by atoms with Gasteiger partial charge in [0.2, 0.25) is 0 Å². The first-order chi connectivity index (χ1) is 8.33. The van der Waals surface area contributed by atoms with Gasteiger partial charge in [-0.15, -0.1) is 6.58 Å². The number of hydrogen-bond acceptors (Lipinski definition) is 3. The minimum Gasteiger partial charge on any atom is -0.444 e. The van der Waals surface area contributed by atoms with Crippen LogP contribution in [-0.2, 0) is 4.74 Å². The molecule has 1 amide bonds. The van der Waals surface area contributed by atoms with Gasteiger partial charge >= 0.3 is 6.09 Å². The number of nitrogens with zero attached hydrogens (tertiary/aromatic N) is 1. The van der Waals surface area contributed by atoms with Crippen molar-refractivity contribution in [3.63, 3.8) is 0 Å². The highest BCUT2D eigenvalue weighted by atomic mass is 16.6. The fourth-order valence-electron chi connectivity index (χ4n) is 2.12. The average Bonchev–Trinajstić information content (AvgIpc) is 2.72. The summed E-state index contributed by atoms with van der Waals surface area (Å²) in [5, 5.41) is 9.99. The number of likely N-dealkylation sites (tertiary alicyclic amines) is 1. The van der Waals surface area contributed by atoms with Gasteiger partial charge in [0.05, 0.1) is 6.10 Å². The first-order valence-corrected chi connectivity index (χ1v) is 6.60. The molecule has 104 valence electrons. The third-order valence-corrected chi connectivity index (χ3v) is 3.09. The fourth-order valence-corrected chi connectivity index (χ4v) is 2.12. The summed E-state index contributed by atoms with van der Waals surface area (Å²) in [7, 11) is 0. The van der Waals surface area contributed by atoms with Crippen LogP contribution in [0.2, 0.25) is 0 Å². The van der Waals surface area contributed by atoms with Crippen molar-refractivity contribution in [2.75, 3.05) is 13.1 Å². The van der Waals surface area contributed by atoms with Gasteiger partial charge in [0.25, 0.3) is 0 Å². The molecule has 1 aliphatic rings. The van der Waals surface area contributed by atoms with Crippen molar-refractivity contribution in [1.29, 1.82) is 0 Å². The molecule has 0 aromatic rings. The van der Waals surface area contributed by atoms with Crippen LogP contribution in [0, 0.1) is 5.92 Å². The minimum absolute atomic E-state index is 0.164. The number of carbonyl (C=O) groups is 1. The summed E-state index contributed by atoms with van der Waals surface area (Å²) < 4.78 is 5.32. The summed E-state index contributed by atoms with van der Waals surface area (Å²) in [4.78, 5) is 13.5. The number of allylic oxidation sites excluding steroid dienone is 1. The monoisotopic (exact) mass is 255 g/mol. The molecular formula is C14H25NO3. The number of aliphatic hydroxyl groups excluding tert-OH is 1. The van der Waals surface area contributed by atoms with Gasteiger partial charge in [0.1, 0.15) is 5.60 Å². The van der Waals surface area contributed by atoms with E-state index in [0.29, 0.717) is 13.1 Å².